The minimum absolute atomic E-state index is 0.0827. The number of esters is 1. The molecule has 0 bridgehead atoms. The van der Waals surface area contributed by atoms with Gasteiger partial charge in [-0.05, 0) is 32.1 Å². The second kappa shape index (κ2) is 7.27. The average Bonchev–Trinajstić information content (AvgIpc) is 2.27. The van der Waals surface area contributed by atoms with Gasteiger partial charge in [0.05, 0.1) is 6.10 Å². The lowest BCUT2D eigenvalue weighted by molar-refractivity contribution is -0.157. The first-order valence-electron chi connectivity index (χ1n) is 6.19. The van der Waals surface area contributed by atoms with Crippen molar-refractivity contribution in [3.05, 3.63) is 0 Å². The van der Waals surface area contributed by atoms with E-state index >= 15 is 0 Å². The number of carboxylic acids is 1. The Bertz CT molecular complexity index is 264. The predicted molar refractivity (Wildman–Crippen MR) is 60.5 cm³/mol. The lowest BCUT2D eigenvalue weighted by atomic mass is 9.95. The van der Waals surface area contributed by atoms with Gasteiger partial charge >= 0.3 is 11.9 Å². The van der Waals surface area contributed by atoms with Crippen LogP contribution in [0, 0.1) is 0 Å². The number of aliphatic hydroxyl groups is 1. The summed E-state index contributed by atoms with van der Waals surface area (Å²) < 4.78 is 5.17. The molecule has 5 nitrogen and oxygen atoms in total. The summed E-state index contributed by atoms with van der Waals surface area (Å²) in [5, 5.41) is 18.0. The summed E-state index contributed by atoms with van der Waals surface area (Å²) >= 11 is 0. The molecule has 1 rings (SSSR count). The third-order valence-electron chi connectivity index (χ3n) is 2.97. The minimum Gasteiger partial charge on any atom is -0.481 e. The molecule has 0 aliphatic heterocycles. The number of hydrogen-bond donors (Lipinski definition) is 2. The third kappa shape index (κ3) is 5.68. The fourth-order valence-electron chi connectivity index (χ4n) is 1.99. The second-order valence-corrected chi connectivity index (χ2v) is 4.48. The highest BCUT2D eigenvalue weighted by atomic mass is 16.6. The largest absolute Gasteiger partial charge is 0.481 e. The van der Waals surface area contributed by atoms with Crippen LogP contribution in [-0.2, 0) is 14.3 Å². The van der Waals surface area contributed by atoms with Crippen LogP contribution in [0.25, 0.3) is 0 Å². The fourth-order valence-corrected chi connectivity index (χ4v) is 1.99. The van der Waals surface area contributed by atoms with Crippen LogP contribution in [0.15, 0.2) is 0 Å². The molecule has 2 N–H and O–H groups in total. The van der Waals surface area contributed by atoms with Crippen molar-refractivity contribution >= 4 is 11.9 Å². The zero-order valence-corrected chi connectivity index (χ0v) is 9.93. The number of unbranched alkanes of at least 4 members (excludes halogenated alkanes) is 1. The van der Waals surface area contributed by atoms with Crippen molar-refractivity contribution in [2.75, 3.05) is 0 Å². The Labute approximate surface area is 101 Å². The maximum Gasteiger partial charge on any atom is 0.306 e. The van der Waals surface area contributed by atoms with Crippen molar-refractivity contribution in [2.24, 2.45) is 0 Å². The van der Waals surface area contributed by atoms with Crippen LogP contribution in [0.4, 0.5) is 0 Å². The smallest absolute Gasteiger partial charge is 0.306 e. The molecule has 5 heteroatoms. The van der Waals surface area contributed by atoms with E-state index in [1.807, 2.05) is 0 Å². The summed E-state index contributed by atoms with van der Waals surface area (Å²) in [7, 11) is 0. The molecule has 0 radical (unpaired) electrons. The summed E-state index contributed by atoms with van der Waals surface area (Å²) in [5.74, 6) is -1.18. The number of hydrogen-bond acceptors (Lipinski definition) is 4. The number of ether oxygens (including phenoxy) is 1. The molecule has 0 aromatic heterocycles. The minimum atomic E-state index is -0.846. The first-order chi connectivity index (χ1) is 8.09. The number of rotatable bonds is 6. The van der Waals surface area contributed by atoms with E-state index in [9.17, 15) is 14.7 Å². The molecule has 2 unspecified atom stereocenters. The van der Waals surface area contributed by atoms with Crippen molar-refractivity contribution in [3.63, 3.8) is 0 Å². The lowest BCUT2D eigenvalue weighted by Crippen LogP contribution is -2.34. The molecular formula is C12H20O5. The van der Waals surface area contributed by atoms with E-state index in [-0.39, 0.29) is 24.9 Å². The van der Waals surface area contributed by atoms with Gasteiger partial charge in [0.1, 0.15) is 6.10 Å². The van der Waals surface area contributed by atoms with Crippen molar-refractivity contribution in [1.29, 1.82) is 0 Å². The standard InChI is InChI=1S/C12H20O5/c13-9-5-1-2-6-10(9)17-12(16)8-4-3-7-11(14)15/h9-10,13H,1-8H2,(H,14,15). The highest BCUT2D eigenvalue weighted by Gasteiger charge is 2.26. The molecule has 1 fully saturated rings. The molecular weight excluding hydrogens is 224 g/mol. The van der Waals surface area contributed by atoms with Crippen molar-refractivity contribution < 1.29 is 24.5 Å². The average molecular weight is 244 g/mol. The van der Waals surface area contributed by atoms with Gasteiger partial charge in [-0.15, -0.1) is 0 Å². The first-order valence-corrected chi connectivity index (χ1v) is 6.19. The maximum absolute atomic E-state index is 11.4. The van der Waals surface area contributed by atoms with Crippen LogP contribution in [0.3, 0.4) is 0 Å². The van der Waals surface area contributed by atoms with Gasteiger partial charge in [-0.3, -0.25) is 9.59 Å². The topological polar surface area (TPSA) is 83.8 Å². The third-order valence-corrected chi connectivity index (χ3v) is 2.97. The summed E-state index contributed by atoms with van der Waals surface area (Å²) in [4.78, 5) is 21.7. The van der Waals surface area contributed by atoms with E-state index < -0.39 is 12.1 Å². The molecule has 0 amide bonds. The predicted octanol–water partition coefficient (Wildman–Crippen LogP) is 1.48. The van der Waals surface area contributed by atoms with Gasteiger partial charge in [0.15, 0.2) is 0 Å². The van der Waals surface area contributed by atoms with Crippen molar-refractivity contribution in [1.82, 2.24) is 0 Å². The van der Waals surface area contributed by atoms with E-state index in [4.69, 9.17) is 9.84 Å². The Hall–Kier alpha value is -1.10. The summed E-state index contributed by atoms with van der Waals surface area (Å²) in [6, 6.07) is 0. The number of carbonyl (C=O) groups excluding carboxylic acids is 1. The molecule has 17 heavy (non-hydrogen) atoms. The van der Waals surface area contributed by atoms with Crippen LogP contribution in [-0.4, -0.2) is 34.4 Å². The van der Waals surface area contributed by atoms with Gasteiger partial charge in [-0.25, -0.2) is 0 Å². The Morgan fingerprint density at radius 2 is 1.76 bits per heavy atom. The highest BCUT2D eigenvalue weighted by molar-refractivity contribution is 5.70. The van der Waals surface area contributed by atoms with Gasteiger partial charge in [0.25, 0.3) is 0 Å². The zero-order chi connectivity index (χ0) is 12.7. The zero-order valence-electron chi connectivity index (χ0n) is 9.93. The lowest BCUT2D eigenvalue weighted by Gasteiger charge is -2.27. The van der Waals surface area contributed by atoms with Crippen molar-refractivity contribution in [2.45, 2.75) is 63.6 Å². The molecule has 0 saturated heterocycles. The molecule has 0 heterocycles. The van der Waals surface area contributed by atoms with Crippen molar-refractivity contribution in [3.8, 4) is 0 Å². The van der Waals surface area contributed by atoms with E-state index in [0.717, 1.165) is 19.3 Å². The molecule has 98 valence electrons. The maximum atomic E-state index is 11.4. The Balaban J connectivity index is 2.13. The van der Waals surface area contributed by atoms with E-state index in [1.54, 1.807) is 0 Å². The molecule has 1 aliphatic carbocycles. The molecule has 0 spiro atoms. The SMILES string of the molecule is O=C(O)CCCCC(=O)OC1CCCCC1O. The fraction of sp³-hybridized carbons (Fsp3) is 0.833. The number of aliphatic hydroxyl groups excluding tert-OH is 1. The van der Waals surface area contributed by atoms with E-state index in [2.05, 4.69) is 0 Å². The van der Waals surface area contributed by atoms with Gasteiger partial charge in [-0.1, -0.05) is 6.42 Å². The van der Waals surface area contributed by atoms with E-state index in [0.29, 0.717) is 19.3 Å². The summed E-state index contributed by atoms with van der Waals surface area (Å²) in [6.07, 6.45) is 3.80. The van der Waals surface area contributed by atoms with Crippen LogP contribution in [0.1, 0.15) is 51.4 Å². The van der Waals surface area contributed by atoms with Gasteiger partial charge < -0.3 is 14.9 Å². The highest BCUT2D eigenvalue weighted by Crippen LogP contribution is 2.21. The first kappa shape index (κ1) is 14.0. The molecule has 1 saturated carbocycles. The summed E-state index contributed by atoms with van der Waals surface area (Å²) in [6.45, 7) is 0. The van der Waals surface area contributed by atoms with Gasteiger partial charge in [-0.2, -0.15) is 0 Å². The molecule has 0 aromatic carbocycles. The molecule has 2 atom stereocenters. The Morgan fingerprint density at radius 1 is 1.12 bits per heavy atom. The second-order valence-electron chi connectivity index (χ2n) is 4.48. The van der Waals surface area contributed by atoms with Crippen LogP contribution in [0.5, 0.6) is 0 Å². The monoisotopic (exact) mass is 244 g/mol. The Morgan fingerprint density at radius 3 is 2.41 bits per heavy atom. The number of aliphatic carboxylic acids is 1. The summed E-state index contributed by atoms with van der Waals surface area (Å²) in [5.41, 5.74) is 0. The van der Waals surface area contributed by atoms with Gasteiger partial charge in [0.2, 0.25) is 0 Å². The normalized spacial score (nSPS) is 24.3. The van der Waals surface area contributed by atoms with Gasteiger partial charge in [0, 0.05) is 12.8 Å². The molecule has 1 aliphatic rings. The number of carboxylic acid groups (broad SMARTS) is 1. The molecule has 0 aromatic rings. The number of carbonyl (C=O) groups is 2. The van der Waals surface area contributed by atoms with Crippen LogP contribution in [0.2, 0.25) is 0 Å². The van der Waals surface area contributed by atoms with E-state index in [1.165, 1.54) is 0 Å². The van der Waals surface area contributed by atoms with Crippen LogP contribution < -0.4 is 0 Å². The Kier molecular flexibility index (Phi) is 5.97. The van der Waals surface area contributed by atoms with Crippen LogP contribution >= 0.6 is 0 Å². The quantitative estimate of drug-likeness (QED) is 0.546.